The predicted molar refractivity (Wildman–Crippen MR) is 103 cm³/mol. The number of carbonyl (C=O) groups is 2. The standard InChI is InChI=1S/C21H23NO5/c1-3-4-13-26-21(25)17-7-9-18(10-8-17)22-14-16-5-11-19(12-6-16)27-15(2)20(23)24/h5-12,14-15H,3-4,13H2,1-2H3,(H,23,24)/t15-/m1/s1. The van der Waals surface area contributed by atoms with Crippen molar-refractivity contribution in [2.75, 3.05) is 6.61 Å². The molecule has 142 valence electrons. The van der Waals surface area contributed by atoms with Gasteiger partial charge in [0.1, 0.15) is 5.75 Å². The van der Waals surface area contributed by atoms with Crippen LogP contribution >= 0.6 is 0 Å². The molecule has 1 atom stereocenters. The van der Waals surface area contributed by atoms with Gasteiger partial charge in [0, 0.05) is 6.21 Å². The second kappa shape index (κ2) is 10.1. The van der Waals surface area contributed by atoms with Crippen molar-refractivity contribution in [1.29, 1.82) is 0 Å². The summed E-state index contributed by atoms with van der Waals surface area (Å²) in [4.78, 5) is 27.0. The van der Waals surface area contributed by atoms with Crippen molar-refractivity contribution >= 4 is 23.8 Å². The van der Waals surface area contributed by atoms with Crippen LogP contribution in [0, 0.1) is 0 Å². The van der Waals surface area contributed by atoms with Crippen molar-refractivity contribution in [2.45, 2.75) is 32.8 Å². The quantitative estimate of drug-likeness (QED) is 0.406. The highest BCUT2D eigenvalue weighted by Gasteiger charge is 2.11. The minimum atomic E-state index is -1.02. The Hall–Kier alpha value is -3.15. The van der Waals surface area contributed by atoms with Gasteiger partial charge < -0.3 is 14.6 Å². The Morgan fingerprint density at radius 1 is 1.11 bits per heavy atom. The molecule has 1 N–H and O–H groups in total. The third-order valence-corrected chi connectivity index (χ3v) is 3.74. The average molecular weight is 369 g/mol. The Balaban J connectivity index is 1.93. The van der Waals surface area contributed by atoms with Crippen molar-refractivity contribution in [1.82, 2.24) is 0 Å². The fraction of sp³-hybridized carbons (Fsp3) is 0.286. The molecule has 0 aliphatic heterocycles. The maximum absolute atomic E-state index is 11.9. The van der Waals surface area contributed by atoms with Gasteiger partial charge >= 0.3 is 11.9 Å². The molecule has 0 amide bonds. The van der Waals surface area contributed by atoms with Crippen molar-refractivity contribution in [2.24, 2.45) is 4.99 Å². The molecule has 6 heteroatoms. The van der Waals surface area contributed by atoms with E-state index in [9.17, 15) is 9.59 Å². The van der Waals surface area contributed by atoms with Crippen LogP contribution in [0.3, 0.4) is 0 Å². The number of ether oxygens (including phenoxy) is 2. The van der Waals surface area contributed by atoms with Crippen LogP contribution in [0.15, 0.2) is 53.5 Å². The summed E-state index contributed by atoms with van der Waals surface area (Å²) in [7, 11) is 0. The van der Waals surface area contributed by atoms with Crippen LogP contribution in [0.5, 0.6) is 5.75 Å². The zero-order valence-electron chi connectivity index (χ0n) is 15.4. The monoisotopic (exact) mass is 369 g/mol. The van der Waals surface area contributed by atoms with Gasteiger partial charge in [-0.2, -0.15) is 0 Å². The van der Waals surface area contributed by atoms with Crippen molar-refractivity contribution < 1.29 is 24.2 Å². The molecule has 0 radical (unpaired) electrons. The van der Waals surface area contributed by atoms with Crippen LogP contribution in [0.25, 0.3) is 0 Å². The largest absolute Gasteiger partial charge is 0.479 e. The zero-order chi connectivity index (χ0) is 19.6. The molecule has 0 unspecified atom stereocenters. The molecular formula is C21H23NO5. The smallest absolute Gasteiger partial charge is 0.344 e. The third kappa shape index (κ3) is 6.58. The lowest BCUT2D eigenvalue weighted by atomic mass is 10.2. The Morgan fingerprint density at radius 2 is 1.78 bits per heavy atom. The number of carboxylic acids is 1. The molecule has 2 aromatic rings. The third-order valence-electron chi connectivity index (χ3n) is 3.74. The molecule has 0 heterocycles. The molecule has 0 bridgehead atoms. The number of carbonyl (C=O) groups excluding carboxylic acids is 1. The molecule has 0 spiro atoms. The van der Waals surface area contributed by atoms with E-state index in [1.54, 1.807) is 54.7 Å². The van der Waals surface area contributed by atoms with Gasteiger partial charge in [0.05, 0.1) is 17.9 Å². The number of aliphatic carboxylic acids is 1. The fourth-order valence-electron chi connectivity index (χ4n) is 2.11. The molecular weight excluding hydrogens is 346 g/mol. The van der Waals surface area contributed by atoms with Gasteiger partial charge in [-0.1, -0.05) is 13.3 Å². The Labute approximate surface area is 158 Å². The van der Waals surface area contributed by atoms with E-state index in [-0.39, 0.29) is 5.97 Å². The number of unbranched alkanes of at least 4 members (excludes halogenated alkanes) is 1. The van der Waals surface area contributed by atoms with E-state index in [0.717, 1.165) is 18.4 Å². The van der Waals surface area contributed by atoms with E-state index in [1.165, 1.54) is 6.92 Å². The van der Waals surface area contributed by atoms with E-state index in [4.69, 9.17) is 14.6 Å². The lowest BCUT2D eigenvalue weighted by Gasteiger charge is -2.09. The van der Waals surface area contributed by atoms with Crippen molar-refractivity contribution in [3.05, 3.63) is 59.7 Å². The van der Waals surface area contributed by atoms with Gasteiger partial charge in [0.25, 0.3) is 0 Å². The first-order valence-corrected chi connectivity index (χ1v) is 8.80. The molecule has 0 aliphatic carbocycles. The topological polar surface area (TPSA) is 85.2 Å². The van der Waals surface area contributed by atoms with Gasteiger partial charge in [-0.25, -0.2) is 9.59 Å². The highest BCUT2D eigenvalue weighted by Crippen LogP contribution is 2.16. The fourth-order valence-corrected chi connectivity index (χ4v) is 2.11. The molecule has 2 aromatic carbocycles. The number of esters is 1. The van der Waals surface area contributed by atoms with Crippen molar-refractivity contribution in [3.8, 4) is 5.75 Å². The van der Waals surface area contributed by atoms with E-state index < -0.39 is 12.1 Å². The van der Waals surface area contributed by atoms with Gasteiger partial charge in [0.15, 0.2) is 6.10 Å². The Morgan fingerprint density at radius 3 is 2.37 bits per heavy atom. The summed E-state index contributed by atoms with van der Waals surface area (Å²) in [6.45, 7) is 3.94. The van der Waals surface area contributed by atoms with Gasteiger partial charge in [-0.3, -0.25) is 4.99 Å². The minimum absolute atomic E-state index is 0.329. The lowest BCUT2D eigenvalue weighted by molar-refractivity contribution is -0.144. The number of hydrogen-bond donors (Lipinski definition) is 1. The van der Waals surface area contributed by atoms with E-state index in [1.807, 2.05) is 6.92 Å². The highest BCUT2D eigenvalue weighted by molar-refractivity contribution is 5.90. The van der Waals surface area contributed by atoms with E-state index in [2.05, 4.69) is 4.99 Å². The summed E-state index contributed by atoms with van der Waals surface area (Å²) in [5.74, 6) is -0.864. The normalized spacial score (nSPS) is 11.9. The molecule has 0 saturated heterocycles. The number of carboxylic acid groups (broad SMARTS) is 1. The van der Waals surface area contributed by atoms with Crippen LogP contribution in [-0.2, 0) is 9.53 Å². The number of nitrogens with zero attached hydrogens (tertiary/aromatic N) is 1. The summed E-state index contributed by atoms with van der Waals surface area (Å²) < 4.78 is 10.4. The number of hydrogen-bond acceptors (Lipinski definition) is 5. The molecule has 0 saturated carbocycles. The summed E-state index contributed by atoms with van der Waals surface area (Å²) in [6.07, 6.45) is 2.61. The van der Waals surface area contributed by atoms with Crippen LogP contribution in [0.4, 0.5) is 5.69 Å². The summed E-state index contributed by atoms with van der Waals surface area (Å²) in [5.41, 5.74) is 2.05. The first kappa shape index (κ1) is 20.2. The maximum Gasteiger partial charge on any atom is 0.344 e. The summed E-state index contributed by atoms with van der Waals surface area (Å²) in [6, 6.07) is 13.8. The zero-order valence-corrected chi connectivity index (χ0v) is 15.4. The average Bonchev–Trinajstić information content (AvgIpc) is 2.68. The highest BCUT2D eigenvalue weighted by atomic mass is 16.5. The second-order valence-electron chi connectivity index (χ2n) is 5.96. The molecule has 6 nitrogen and oxygen atoms in total. The number of aliphatic imine (C=N–C) groups is 1. The van der Waals surface area contributed by atoms with Crippen LogP contribution in [-0.4, -0.2) is 36.0 Å². The first-order chi connectivity index (χ1) is 13.0. The van der Waals surface area contributed by atoms with Crippen LogP contribution in [0.2, 0.25) is 0 Å². The lowest BCUT2D eigenvalue weighted by Crippen LogP contribution is -2.22. The number of rotatable bonds is 9. The van der Waals surface area contributed by atoms with Crippen LogP contribution in [0.1, 0.15) is 42.6 Å². The minimum Gasteiger partial charge on any atom is -0.479 e. The summed E-state index contributed by atoms with van der Waals surface area (Å²) >= 11 is 0. The SMILES string of the molecule is CCCCOC(=O)c1ccc(N=Cc2ccc(O[C@H](C)C(=O)O)cc2)cc1. The molecule has 0 aliphatic rings. The van der Waals surface area contributed by atoms with Gasteiger partial charge in [0.2, 0.25) is 0 Å². The molecule has 0 fully saturated rings. The van der Waals surface area contributed by atoms with E-state index in [0.29, 0.717) is 23.6 Å². The molecule has 27 heavy (non-hydrogen) atoms. The van der Waals surface area contributed by atoms with Gasteiger partial charge in [-0.15, -0.1) is 0 Å². The van der Waals surface area contributed by atoms with E-state index >= 15 is 0 Å². The second-order valence-corrected chi connectivity index (χ2v) is 5.96. The maximum atomic E-state index is 11.9. The predicted octanol–water partition coefficient (Wildman–Crippen LogP) is 4.25. The first-order valence-electron chi connectivity index (χ1n) is 8.80. The number of benzene rings is 2. The Bertz CT molecular complexity index is 781. The van der Waals surface area contributed by atoms with Gasteiger partial charge in [-0.05, 0) is 67.4 Å². The summed E-state index contributed by atoms with van der Waals surface area (Å²) in [5, 5.41) is 8.84. The molecule has 0 aromatic heterocycles. The van der Waals surface area contributed by atoms with Crippen LogP contribution < -0.4 is 4.74 Å². The van der Waals surface area contributed by atoms with Crippen molar-refractivity contribution in [3.63, 3.8) is 0 Å². The molecule has 2 rings (SSSR count). The Kier molecular flexibility index (Phi) is 7.55.